The molecule has 0 saturated heterocycles. The fourth-order valence-electron chi connectivity index (χ4n) is 8.67. The van der Waals surface area contributed by atoms with Crippen LogP contribution in [0.3, 0.4) is 0 Å². The van der Waals surface area contributed by atoms with Gasteiger partial charge < -0.3 is 0 Å². The van der Waals surface area contributed by atoms with Crippen molar-refractivity contribution in [1.29, 1.82) is 0 Å². The number of imidazole rings is 1. The van der Waals surface area contributed by atoms with E-state index in [4.69, 9.17) is 19.9 Å². The third kappa shape index (κ3) is 5.55. The van der Waals surface area contributed by atoms with Crippen LogP contribution in [-0.2, 0) is 0 Å². The second-order valence-electron chi connectivity index (χ2n) is 15.1. The molecular weight excluding hydrogens is 719 g/mol. The van der Waals surface area contributed by atoms with Gasteiger partial charge in [0.25, 0.3) is 0 Å². The van der Waals surface area contributed by atoms with E-state index in [9.17, 15) is 0 Å². The van der Waals surface area contributed by atoms with Crippen LogP contribution in [0.2, 0.25) is 0 Å². The van der Waals surface area contributed by atoms with Crippen molar-refractivity contribution >= 4 is 59.9 Å². The summed E-state index contributed by atoms with van der Waals surface area (Å²) in [6.45, 7) is 0. The molecule has 0 aliphatic carbocycles. The highest BCUT2D eigenvalue weighted by atomic mass is 15.0. The zero-order valence-electron chi connectivity index (χ0n) is 31.8. The molecule has 0 amide bonds. The number of rotatable bonds is 5. The summed E-state index contributed by atoms with van der Waals surface area (Å²) in [6, 6.07) is 70.6. The Balaban J connectivity index is 0.964. The molecule has 0 aliphatic rings. The molecule has 0 saturated carbocycles. The first-order chi connectivity index (χ1) is 29.2. The van der Waals surface area contributed by atoms with Crippen LogP contribution in [-0.4, -0.2) is 24.3 Å². The van der Waals surface area contributed by atoms with Crippen molar-refractivity contribution in [2.24, 2.45) is 0 Å². The van der Waals surface area contributed by atoms with Gasteiger partial charge in [0.1, 0.15) is 5.65 Å². The number of aromatic nitrogens is 5. The molecule has 0 bridgehead atoms. The van der Waals surface area contributed by atoms with Crippen LogP contribution in [0.4, 0.5) is 0 Å². The minimum Gasteiger partial charge on any atom is -0.292 e. The van der Waals surface area contributed by atoms with Crippen LogP contribution < -0.4 is 0 Å². The van der Waals surface area contributed by atoms with Gasteiger partial charge in [0.2, 0.25) is 0 Å². The first-order valence-electron chi connectivity index (χ1n) is 19.9. The van der Waals surface area contributed by atoms with Gasteiger partial charge in [-0.2, -0.15) is 0 Å². The molecule has 9 aromatic carbocycles. The van der Waals surface area contributed by atoms with Crippen LogP contribution in [0.1, 0.15) is 0 Å². The summed E-state index contributed by atoms with van der Waals surface area (Å²) in [7, 11) is 0. The summed E-state index contributed by atoms with van der Waals surface area (Å²) < 4.78 is 2.31. The lowest BCUT2D eigenvalue weighted by Gasteiger charge is -2.12. The molecule has 0 aliphatic heterocycles. The largest absolute Gasteiger partial charge is 0.292 e. The topological polar surface area (TPSA) is 56.0 Å². The summed E-state index contributed by atoms with van der Waals surface area (Å²) in [5.41, 5.74) is 11.6. The van der Waals surface area contributed by atoms with Crippen LogP contribution in [0.5, 0.6) is 0 Å². The maximum absolute atomic E-state index is 5.11. The van der Waals surface area contributed by atoms with Gasteiger partial charge in [-0.15, -0.1) is 0 Å². The molecule has 0 spiro atoms. The molecule has 0 radical (unpaired) electrons. The van der Waals surface area contributed by atoms with Crippen molar-refractivity contribution in [2.45, 2.75) is 0 Å². The van der Waals surface area contributed by atoms with Crippen molar-refractivity contribution in [3.8, 4) is 56.4 Å². The Morgan fingerprint density at radius 1 is 0.288 bits per heavy atom. The van der Waals surface area contributed by atoms with Crippen LogP contribution in [0, 0.1) is 0 Å². The van der Waals surface area contributed by atoms with Crippen molar-refractivity contribution in [2.75, 3.05) is 0 Å². The summed E-state index contributed by atoms with van der Waals surface area (Å²) in [6.07, 6.45) is 0. The second kappa shape index (κ2) is 13.3. The van der Waals surface area contributed by atoms with Gasteiger partial charge in [0, 0.05) is 27.5 Å². The number of hydrogen-bond acceptors (Lipinski definition) is 4. The minimum absolute atomic E-state index is 0.624. The van der Waals surface area contributed by atoms with Crippen molar-refractivity contribution in [1.82, 2.24) is 24.3 Å². The maximum Gasteiger partial charge on any atom is 0.164 e. The number of fused-ring (bicyclic) bond motifs is 10. The Kier molecular flexibility index (Phi) is 7.47. The smallest absolute Gasteiger partial charge is 0.164 e. The number of hydrogen-bond donors (Lipinski definition) is 0. The molecule has 5 heteroatoms. The highest BCUT2D eigenvalue weighted by Gasteiger charge is 2.16. The quantitative estimate of drug-likeness (QED) is 0.164. The van der Waals surface area contributed by atoms with Gasteiger partial charge in [-0.05, 0) is 73.5 Å². The Morgan fingerprint density at radius 3 is 1.63 bits per heavy atom. The Labute approximate surface area is 339 Å². The van der Waals surface area contributed by atoms with Gasteiger partial charge in [-0.25, -0.2) is 19.9 Å². The molecule has 0 N–H and O–H groups in total. The van der Waals surface area contributed by atoms with E-state index in [-0.39, 0.29) is 0 Å². The predicted molar refractivity (Wildman–Crippen MR) is 243 cm³/mol. The number of nitrogens with zero attached hydrogens (tertiary/aromatic N) is 5. The van der Waals surface area contributed by atoms with E-state index in [0.29, 0.717) is 17.5 Å². The fraction of sp³-hybridized carbons (Fsp3) is 0. The lowest BCUT2D eigenvalue weighted by atomic mass is 9.97. The Morgan fingerprint density at radius 2 is 0.847 bits per heavy atom. The summed E-state index contributed by atoms with van der Waals surface area (Å²) in [5, 5.41) is 8.31. The molecule has 12 rings (SSSR count). The van der Waals surface area contributed by atoms with Gasteiger partial charge in [0.05, 0.1) is 16.6 Å². The number of para-hydroxylation sites is 2. The van der Waals surface area contributed by atoms with E-state index >= 15 is 0 Å². The Hall–Kier alpha value is -8.02. The maximum atomic E-state index is 5.11. The van der Waals surface area contributed by atoms with Gasteiger partial charge in [-0.3, -0.25) is 4.40 Å². The zero-order chi connectivity index (χ0) is 38.9. The van der Waals surface area contributed by atoms with Gasteiger partial charge in [0.15, 0.2) is 17.5 Å². The SMILES string of the molecule is c1ccc2cc(-c3nc(-c4ccc(-c5ccc6c7ccccc7c7nc8ccccc8n7c6c5)cc4)nc(-c4ccc(-c5cccc6ccccc56)cc4)n3)ccc2c1. The highest BCUT2D eigenvalue weighted by molar-refractivity contribution is 6.14. The third-order valence-electron chi connectivity index (χ3n) is 11.6. The summed E-state index contributed by atoms with van der Waals surface area (Å²) in [5.74, 6) is 1.89. The highest BCUT2D eigenvalue weighted by Crippen LogP contribution is 2.36. The van der Waals surface area contributed by atoms with E-state index in [1.165, 1.54) is 32.5 Å². The van der Waals surface area contributed by atoms with Crippen molar-refractivity contribution in [3.05, 3.63) is 200 Å². The second-order valence-corrected chi connectivity index (χ2v) is 15.1. The summed E-state index contributed by atoms with van der Waals surface area (Å²) in [4.78, 5) is 20.4. The molecule has 3 heterocycles. The molecule has 0 unspecified atom stereocenters. The van der Waals surface area contributed by atoms with E-state index in [1.807, 2.05) is 0 Å². The molecule has 0 fully saturated rings. The predicted octanol–water partition coefficient (Wildman–Crippen LogP) is 13.6. The minimum atomic E-state index is 0.624. The molecule has 0 atom stereocenters. The monoisotopic (exact) mass is 751 g/mol. The van der Waals surface area contributed by atoms with Gasteiger partial charge >= 0.3 is 0 Å². The molecule has 5 nitrogen and oxygen atoms in total. The lowest BCUT2D eigenvalue weighted by Crippen LogP contribution is -2.00. The molecular formula is C54H33N5. The number of benzene rings is 9. The van der Waals surface area contributed by atoms with E-state index in [2.05, 4.69) is 205 Å². The number of pyridine rings is 1. The average molecular weight is 752 g/mol. The lowest BCUT2D eigenvalue weighted by molar-refractivity contribution is 1.07. The fourth-order valence-corrected chi connectivity index (χ4v) is 8.67. The normalized spacial score (nSPS) is 11.7. The van der Waals surface area contributed by atoms with Crippen molar-refractivity contribution in [3.63, 3.8) is 0 Å². The van der Waals surface area contributed by atoms with E-state index < -0.39 is 0 Å². The average Bonchev–Trinajstić information content (AvgIpc) is 3.71. The van der Waals surface area contributed by atoms with Gasteiger partial charge in [-0.1, -0.05) is 176 Å². The van der Waals surface area contributed by atoms with E-state index in [0.717, 1.165) is 66.4 Å². The molecule has 3 aromatic heterocycles. The van der Waals surface area contributed by atoms with Crippen LogP contribution >= 0.6 is 0 Å². The van der Waals surface area contributed by atoms with Crippen molar-refractivity contribution < 1.29 is 0 Å². The Bertz CT molecular complexity index is 3600. The standard InChI is InChI=1S/C54H33N5/c1-2-12-40-32-42(29-22-34(40)10-1)53-57-51(56-52(58-53)39-27-23-37(24-28-39)44-17-9-13-36-11-3-4-14-43(36)44)38-25-20-35(21-26-38)41-30-31-46-45-15-5-6-16-47(45)54-55-48-18-7-8-19-49(48)59(54)50(46)33-41/h1-33H. The summed E-state index contributed by atoms with van der Waals surface area (Å²) >= 11 is 0. The van der Waals surface area contributed by atoms with Crippen LogP contribution in [0.15, 0.2) is 200 Å². The first-order valence-corrected chi connectivity index (χ1v) is 19.9. The van der Waals surface area contributed by atoms with E-state index in [1.54, 1.807) is 0 Å². The molecule has 12 aromatic rings. The van der Waals surface area contributed by atoms with Crippen LogP contribution in [0.25, 0.3) is 116 Å². The third-order valence-corrected chi connectivity index (χ3v) is 11.6. The zero-order valence-corrected chi connectivity index (χ0v) is 31.8. The molecule has 274 valence electrons. The molecule has 59 heavy (non-hydrogen) atoms. The first kappa shape index (κ1) is 33.2.